The number of alkyl halides is 1. The number of halogens is 1. The molecule has 0 bridgehead atoms. The van der Waals surface area contributed by atoms with E-state index in [9.17, 15) is 0 Å². The van der Waals surface area contributed by atoms with Gasteiger partial charge >= 0.3 is 0 Å². The summed E-state index contributed by atoms with van der Waals surface area (Å²) in [7, 11) is 2.04. The molecule has 0 unspecified atom stereocenters. The van der Waals surface area contributed by atoms with Gasteiger partial charge < -0.3 is 4.90 Å². The predicted molar refractivity (Wildman–Crippen MR) is 73.6 cm³/mol. The summed E-state index contributed by atoms with van der Waals surface area (Å²) >= 11 is 5.63. The third-order valence-electron chi connectivity index (χ3n) is 2.81. The normalized spacial score (nSPS) is 9.94. The number of nitrogens with zero attached hydrogens (tertiary/aromatic N) is 2. The van der Waals surface area contributed by atoms with E-state index in [0.717, 1.165) is 36.5 Å². The largest absolute Gasteiger partial charge is 0.374 e. The summed E-state index contributed by atoms with van der Waals surface area (Å²) in [5.74, 6) is 0.757. The Kier molecular flexibility index (Phi) is 6.50. The molecule has 1 rings (SSSR count). The van der Waals surface area contributed by atoms with Gasteiger partial charge in [-0.2, -0.15) is 5.26 Å². The average Bonchev–Trinajstić information content (AvgIpc) is 2.38. The van der Waals surface area contributed by atoms with E-state index in [1.54, 1.807) is 0 Å². The van der Waals surface area contributed by atoms with Gasteiger partial charge in [0.2, 0.25) is 0 Å². The van der Waals surface area contributed by atoms with Crippen molar-refractivity contribution in [1.29, 1.82) is 5.26 Å². The molecule has 0 atom stereocenters. The fourth-order valence-electron chi connectivity index (χ4n) is 1.82. The monoisotopic (exact) mass is 250 g/mol. The summed E-state index contributed by atoms with van der Waals surface area (Å²) in [6, 6.07) is 9.96. The van der Waals surface area contributed by atoms with Crippen LogP contribution in [0.25, 0.3) is 0 Å². The molecule has 1 aromatic carbocycles. The Morgan fingerprint density at radius 3 is 2.59 bits per heavy atom. The van der Waals surface area contributed by atoms with Crippen LogP contribution in [0.1, 0.15) is 31.2 Å². The Balaban J connectivity index is 2.42. The molecule has 0 saturated carbocycles. The molecular weight excluding hydrogens is 232 g/mol. The molecule has 0 radical (unpaired) electrons. The first-order valence-electron chi connectivity index (χ1n) is 6.06. The molecule has 0 saturated heterocycles. The zero-order valence-corrected chi connectivity index (χ0v) is 11.1. The standard InChI is InChI=1S/C14H19ClN2/c1-17(11-7-3-2-6-10-15)14-9-5-4-8-13(14)12-16/h4-5,8-9H,2-3,6-7,10-11H2,1H3. The minimum atomic E-state index is 0.746. The van der Waals surface area contributed by atoms with Crippen LogP contribution < -0.4 is 4.90 Å². The van der Waals surface area contributed by atoms with E-state index in [2.05, 4.69) is 11.0 Å². The highest BCUT2D eigenvalue weighted by Crippen LogP contribution is 2.18. The Morgan fingerprint density at radius 1 is 1.18 bits per heavy atom. The van der Waals surface area contributed by atoms with E-state index in [1.807, 2.05) is 31.3 Å². The second-order valence-electron chi connectivity index (χ2n) is 4.15. The average molecular weight is 251 g/mol. The van der Waals surface area contributed by atoms with Gasteiger partial charge in [-0.1, -0.05) is 25.0 Å². The lowest BCUT2D eigenvalue weighted by Crippen LogP contribution is -2.19. The first kappa shape index (κ1) is 13.9. The highest BCUT2D eigenvalue weighted by atomic mass is 35.5. The molecule has 2 nitrogen and oxygen atoms in total. The second-order valence-corrected chi connectivity index (χ2v) is 4.53. The summed E-state index contributed by atoms with van der Waals surface area (Å²) in [5.41, 5.74) is 1.77. The lowest BCUT2D eigenvalue weighted by atomic mass is 10.1. The van der Waals surface area contributed by atoms with Gasteiger partial charge in [0.25, 0.3) is 0 Å². The van der Waals surface area contributed by atoms with E-state index < -0.39 is 0 Å². The molecule has 17 heavy (non-hydrogen) atoms. The molecule has 0 amide bonds. The SMILES string of the molecule is CN(CCCCCCCl)c1ccccc1C#N. The van der Waals surface area contributed by atoms with Crippen LogP contribution in [0.4, 0.5) is 5.69 Å². The number of rotatable bonds is 7. The van der Waals surface area contributed by atoms with Crippen molar-refractivity contribution < 1.29 is 0 Å². The highest BCUT2D eigenvalue weighted by molar-refractivity contribution is 6.17. The minimum absolute atomic E-state index is 0.746. The lowest BCUT2D eigenvalue weighted by Gasteiger charge is -2.20. The van der Waals surface area contributed by atoms with Crippen molar-refractivity contribution in [2.24, 2.45) is 0 Å². The molecular formula is C14H19ClN2. The molecule has 0 spiro atoms. The highest BCUT2D eigenvalue weighted by Gasteiger charge is 2.05. The van der Waals surface area contributed by atoms with Crippen LogP contribution in [0.15, 0.2) is 24.3 Å². The zero-order valence-electron chi connectivity index (χ0n) is 10.3. The van der Waals surface area contributed by atoms with Gasteiger partial charge in [0.15, 0.2) is 0 Å². The van der Waals surface area contributed by atoms with Crippen LogP contribution in [0.2, 0.25) is 0 Å². The van der Waals surface area contributed by atoms with Crippen molar-refractivity contribution in [3.63, 3.8) is 0 Å². The summed E-state index contributed by atoms with van der Waals surface area (Å²) in [4.78, 5) is 2.15. The smallest absolute Gasteiger partial charge is 0.101 e. The summed E-state index contributed by atoms with van der Waals surface area (Å²) in [5, 5.41) is 9.02. The van der Waals surface area contributed by atoms with Crippen LogP contribution in [-0.4, -0.2) is 19.5 Å². The maximum atomic E-state index is 9.02. The Bertz CT molecular complexity index is 371. The quantitative estimate of drug-likeness (QED) is 0.544. The molecule has 0 aliphatic heterocycles. The van der Waals surface area contributed by atoms with Crippen molar-refractivity contribution >= 4 is 17.3 Å². The second kappa shape index (κ2) is 7.97. The number of unbranched alkanes of at least 4 members (excludes halogenated alkanes) is 3. The van der Waals surface area contributed by atoms with Crippen molar-refractivity contribution in [1.82, 2.24) is 0 Å². The Hall–Kier alpha value is -1.20. The number of anilines is 1. The number of hydrogen-bond acceptors (Lipinski definition) is 2. The van der Waals surface area contributed by atoms with Crippen molar-refractivity contribution in [3.8, 4) is 6.07 Å². The fourth-order valence-corrected chi connectivity index (χ4v) is 2.01. The van der Waals surface area contributed by atoms with Crippen LogP contribution in [0.3, 0.4) is 0 Å². The maximum absolute atomic E-state index is 9.02. The van der Waals surface area contributed by atoms with Gasteiger partial charge in [-0.25, -0.2) is 0 Å². The topological polar surface area (TPSA) is 27.0 Å². The number of nitriles is 1. The maximum Gasteiger partial charge on any atom is 0.101 e. The lowest BCUT2D eigenvalue weighted by molar-refractivity contribution is 0.663. The molecule has 0 fully saturated rings. The van der Waals surface area contributed by atoms with Crippen LogP contribution >= 0.6 is 11.6 Å². The first-order chi connectivity index (χ1) is 8.29. The van der Waals surface area contributed by atoms with Gasteiger partial charge in [-0.3, -0.25) is 0 Å². The summed E-state index contributed by atoms with van der Waals surface area (Å²) < 4.78 is 0. The molecule has 0 heterocycles. The van der Waals surface area contributed by atoms with E-state index in [4.69, 9.17) is 16.9 Å². The number of benzene rings is 1. The van der Waals surface area contributed by atoms with E-state index in [0.29, 0.717) is 0 Å². The molecule has 1 aromatic rings. The first-order valence-corrected chi connectivity index (χ1v) is 6.59. The van der Waals surface area contributed by atoms with Gasteiger partial charge in [0.1, 0.15) is 6.07 Å². The van der Waals surface area contributed by atoms with Crippen LogP contribution in [-0.2, 0) is 0 Å². The number of para-hydroxylation sites is 1. The van der Waals surface area contributed by atoms with Gasteiger partial charge in [-0.15, -0.1) is 11.6 Å². The van der Waals surface area contributed by atoms with Crippen molar-refractivity contribution in [3.05, 3.63) is 29.8 Å². The van der Waals surface area contributed by atoms with Crippen molar-refractivity contribution in [2.75, 3.05) is 24.4 Å². The van der Waals surface area contributed by atoms with E-state index in [-0.39, 0.29) is 0 Å². The molecule has 3 heteroatoms. The van der Waals surface area contributed by atoms with Crippen molar-refractivity contribution in [2.45, 2.75) is 25.7 Å². The van der Waals surface area contributed by atoms with Crippen LogP contribution in [0.5, 0.6) is 0 Å². The van der Waals surface area contributed by atoms with Gasteiger partial charge in [-0.05, 0) is 25.0 Å². The Labute approximate surface area is 109 Å². The van der Waals surface area contributed by atoms with Gasteiger partial charge in [0, 0.05) is 19.5 Å². The summed E-state index contributed by atoms with van der Waals surface area (Å²) in [6.07, 6.45) is 4.64. The van der Waals surface area contributed by atoms with Gasteiger partial charge in [0.05, 0.1) is 11.3 Å². The zero-order chi connectivity index (χ0) is 12.5. The molecule has 0 aliphatic carbocycles. The third kappa shape index (κ3) is 4.66. The van der Waals surface area contributed by atoms with Crippen LogP contribution in [0, 0.1) is 11.3 Å². The summed E-state index contributed by atoms with van der Waals surface area (Å²) in [6.45, 7) is 0.987. The molecule has 0 aromatic heterocycles. The Morgan fingerprint density at radius 2 is 1.88 bits per heavy atom. The number of hydrogen-bond donors (Lipinski definition) is 0. The van der Waals surface area contributed by atoms with E-state index in [1.165, 1.54) is 12.8 Å². The third-order valence-corrected chi connectivity index (χ3v) is 3.08. The molecule has 92 valence electrons. The molecule has 0 aliphatic rings. The fraction of sp³-hybridized carbons (Fsp3) is 0.500. The van der Waals surface area contributed by atoms with E-state index >= 15 is 0 Å². The predicted octanol–water partition coefficient (Wildman–Crippen LogP) is 3.79. The minimum Gasteiger partial charge on any atom is -0.374 e. The molecule has 0 N–H and O–H groups in total.